The van der Waals surface area contributed by atoms with Crippen molar-refractivity contribution in [2.75, 3.05) is 33.0 Å². The zero-order valence-corrected chi connectivity index (χ0v) is 33.6. The Labute approximate surface area is 343 Å². The molecule has 2 N–H and O–H groups in total. The van der Waals surface area contributed by atoms with Crippen LogP contribution in [0.4, 0.5) is 0 Å². The first-order valence-electron chi connectivity index (χ1n) is 20.7. The van der Waals surface area contributed by atoms with Crippen LogP contribution < -0.4 is 9.47 Å². The topological polar surface area (TPSA) is 134 Å². The molecule has 3 aromatic rings. The smallest absolute Gasteiger partial charge is 0.254 e. The Morgan fingerprint density at radius 2 is 1.74 bits per heavy atom. The third-order valence-corrected chi connectivity index (χ3v) is 11.6. The maximum atomic E-state index is 14.9. The summed E-state index contributed by atoms with van der Waals surface area (Å²) in [6.45, 7) is 11.3. The molecule has 0 bridgehead atoms. The Morgan fingerprint density at radius 3 is 2.43 bits per heavy atom. The average Bonchev–Trinajstić information content (AvgIpc) is 3.25. The van der Waals surface area contributed by atoms with Gasteiger partial charge in [0.25, 0.3) is 5.91 Å². The quantitative estimate of drug-likeness (QED) is 0.0624. The number of allylic oxidation sites excluding steroid dienone is 1. The van der Waals surface area contributed by atoms with Crippen LogP contribution in [0.5, 0.6) is 11.5 Å². The third kappa shape index (κ3) is 9.23. The minimum absolute atomic E-state index is 0.0853. The van der Waals surface area contributed by atoms with Gasteiger partial charge in [-0.25, -0.2) is 0 Å². The number of unbranched alkanes of at least 4 members (excludes halogenated alkanes) is 2. The van der Waals surface area contributed by atoms with E-state index >= 15 is 0 Å². The van der Waals surface area contributed by atoms with E-state index in [-0.39, 0.29) is 56.5 Å². The lowest BCUT2D eigenvalue weighted by Crippen LogP contribution is -2.70. The van der Waals surface area contributed by atoms with E-state index in [1.54, 1.807) is 36.4 Å². The van der Waals surface area contributed by atoms with Crippen LogP contribution >= 0.6 is 0 Å². The number of ether oxygens (including phenoxy) is 3. The highest BCUT2D eigenvalue weighted by Crippen LogP contribution is 2.62. The van der Waals surface area contributed by atoms with Crippen molar-refractivity contribution in [1.29, 1.82) is 5.26 Å². The van der Waals surface area contributed by atoms with Crippen molar-refractivity contribution < 1.29 is 34.1 Å². The zero-order valence-electron chi connectivity index (χ0n) is 33.6. The number of carbonyl (C=O) groups excluding carboxylic acids is 1. The van der Waals surface area contributed by atoms with Crippen LogP contribution in [0.1, 0.15) is 91.3 Å². The molecule has 306 valence electrons. The summed E-state index contributed by atoms with van der Waals surface area (Å²) in [5.74, 6) is -0.643. The van der Waals surface area contributed by atoms with Gasteiger partial charge in [0.05, 0.1) is 29.9 Å². The monoisotopic (exact) mass is 787 g/mol. The van der Waals surface area contributed by atoms with Crippen LogP contribution in [-0.2, 0) is 16.2 Å². The van der Waals surface area contributed by atoms with Gasteiger partial charge < -0.3 is 34.2 Å². The summed E-state index contributed by atoms with van der Waals surface area (Å²) >= 11 is 0. The molecule has 1 amide bonds. The number of amides is 1. The van der Waals surface area contributed by atoms with Gasteiger partial charge in [-0.2, -0.15) is 5.26 Å². The summed E-state index contributed by atoms with van der Waals surface area (Å²) in [6, 6.07) is 24.0. The van der Waals surface area contributed by atoms with E-state index in [2.05, 4.69) is 31.4 Å². The lowest BCUT2D eigenvalue weighted by molar-refractivity contribution is -0.254. The lowest BCUT2D eigenvalue weighted by atomic mass is 9.55. The molecule has 10 heteroatoms. The van der Waals surface area contributed by atoms with Gasteiger partial charge in [-0.15, -0.1) is 6.58 Å². The SMILES string of the molecule is C=CCOc1ccc2c(c1)C1C(CCCCO)C(CCCCO)C=C3C(=NOCc4ccccc4)CC(N(CCC)C(=O)c4ccc(C#N)cc4)C(OCC=C)(O2)C31. The number of rotatable bonds is 21. The zero-order chi connectivity index (χ0) is 40.9. The van der Waals surface area contributed by atoms with Gasteiger partial charge in [0.2, 0.25) is 5.79 Å². The molecule has 6 unspecified atom stereocenters. The fraction of sp³-hybridized carbons (Fsp3) is 0.438. The first kappa shape index (κ1) is 42.4. The number of hydrogen-bond acceptors (Lipinski definition) is 9. The van der Waals surface area contributed by atoms with Gasteiger partial charge in [-0.1, -0.05) is 80.1 Å². The molecule has 3 aliphatic rings. The predicted molar refractivity (Wildman–Crippen MR) is 224 cm³/mol. The summed E-state index contributed by atoms with van der Waals surface area (Å²) in [5.41, 5.74) is 4.59. The molecule has 1 fully saturated rings. The fourth-order valence-electron chi connectivity index (χ4n) is 9.15. The van der Waals surface area contributed by atoms with Gasteiger partial charge in [-0.3, -0.25) is 4.79 Å². The van der Waals surface area contributed by atoms with Crippen molar-refractivity contribution in [3.05, 3.63) is 132 Å². The van der Waals surface area contributed by atoms with Crippen molar-refractivity contribution in [3.8, 4) is 17.6 Å². The molecular weight excluding hydrogens is 731 g/mol. The molecule has 0 saturated heterocycles. The molecule has 2 aliphatic carbocycles. The number of oxime groups is 1. The van der Waals surface area contributed by atoms with E-state index < -0.39 is 17.7 Å². The molecule has 0 radical (unpaired) electrons. The second-order valence-electron chi connectivity index (χ2n) is 15.3. The standard InChI is InChI=1S/C48H57N3O7/c1-4-24-51(47(54)36-20-18-34(32-49)19-21-36)44-31-42(50-57-33-35-14-8-7-9-15-35)40-29-37(16-10-12-25-52)39(17-11-13-26-53)45-41-30-38(55-27-5-2)22-23-43(41)58-48(44,46(40)45)56-28-6-3/h5-9,14-15,18-23,29-30,37,39,44-46,52-53H,2-4,10-13,16-17,24-28,31,33H2,1H3. The molecule has 6 rings (SSSR count). The maximum Gasteiger partial charge on any atom is 0.254 e. The van der Waals surface area contributed by atoms with Crippen LogP contribution in [-0.4, -0.2) is 71.5 Å². The van der Waals surface area contributed by atoms with Gasteiger partial charge in [0, 0.05) is 43.2 Å². The minimum Gasteiger partial charge on any atom is -0.490 e. The molecule has 58 heavy (non-hydrogen) atoms. The molecular formula is C48H57N3O7. The predicted octanol–water partition coefficient (Wildman–Crippen LogP) is 8.51. The van der Waals surface area contributed by atoms with E-state index in [0.29, 0.717) is 55.0 Å². The molecule has 1 heterocycles. The number of nitriles is 1. The summed E-state index contributed by atoms with van der Waals surface area (Å²) in [7, 11) is 0. The highest BCUT2D eigenvalue weighted by molar-refractivity contribution is 6.03. The number of benzene rings is 3. The Morgan fingerprint density at radius 1 is 1.00 bits per heavy atom. The van der Waals surface area contributed by atoms with E-state index in [1.807, 2.05) is 54.3 Å². The Hall–Kier alpha value is -5.21. The number of carbonyl (C=O) groups is 1. The van der Waals surface area contributed by atoms with Gasteiger partial charge in [0.15, 0.2) is 0 Å². The molecule has 0 aromatic heterocycles. The third-order valence-electron chi connectivity index (χ3n) is 11.6. The van der Waals surface area contributed by atoms with Crippen LogP contribution in [0.2, 0.25) is 0 Å². The van der Waals surface area contributed by atoms with E-state index in [9.17, 15) is 20.3 Å². The largest absolute Gasteiger partial charge is 0.490 e. The maximum absolute atomic E-state index is 14.9. The van der Waals surface area contributed by atoms with Crippen molar-refractivity contribution >= 4 is 11.6 Å². The van der Waals surface area contributed by atoms with E-state index in [0.717, 1.165) is 48.1 Å². The minimum atomic E-state index is -1.37. The molecule has 1 saturated carbocycles. The lowest BCUT2D eigenvalue weighted by Gasteiger charge is -2.60. The summed E-state index contributed by atoms with van der Waals surface area (Å²) in [6.07, 6.45) is 11.4. The number of nitrogens with zero attached hydrogens (tertiary/aromatic N) is 3. The first-order valence-corrected chi connectivity index (χ1v) is 20.7. The van der Waals surface area contributed by atoms with Crippen molar-refractivity contribution in [2.24, 2.45) is 22.9 Å². The summed E-state index contributed by atoms with van der Waals surface area (Å²) < 4.78 is 20.5. The molecule has 1 aliphatic heterocycles. The Balaban J connectivity index is 1.59. The van der Waals surface area contributed by atoms with E-state index in [4.69, 9.17) is 24.2 Å². The van der Waals surface area contributed by atoms with Crippen molar-refractivity contribution in [3.63, 3.8) is 0 Å². The fourth-order valence-corrected chi connectivity index (χ4v) is 9.15. The van der Waals surface area contributed by atoms with E-state index in [1.165, 1.54) is 0 Å². The van der Waals surface area contributed by atoms with Crippen LogP contribution in [0.3, 0.4) is 0 Å². The van der Waals surface area contributed by atoms with Crippen molar-refractivity contribution in [2.45, 2.75) is 82.6 Å². The molecule has 3 aromatic carbocycles. The molecule has 0 spiro atoms. The summed E-state index contributed by atoms with van der Waals surface area (Å²) in [5, 5.41) is 34.2. The van der Waals surface area contributed by atoms with Gasteiger partial charge in [0.1, 0.15) is 30.8 Å². The summed E-state index contributed by atoms with van der Waals surface area (Å²) in [4.78, 5) is 22.9. The second-order valence-corrected chi connectivity index (χ2v) is 15.3. The highest BCUT2D eigenvalue weighted by atomic mass is 16.7. The Kier molecular flexibility index (Phi) is 15.0. The Bertz CT molecular complexity index is 1960. The molecule has 6 atom stereocenters. The number of fused-ring (bicyclic) bond motifs is 2. The van der Waals surface area contributed by atoms with Crippen molar-refractivity contribution in [1.82, 2.24) is 4.90 Å². The second kappa shape index (κ2) is 20.5. The number of aliphatic hydroxyl groups is 2. The van der Waals surface area contributed by atoms with Crippen LogP contribution in [0.15, 0.2) is 115 Å². The number of hydrogen-bond donors (Lipinski definition) is 2. The van der Waals surface area contributed by atoms with Gasteiger partial charge >= 0.3 is 0 Å². The average molecular weight is 788 g/mol. The highest BCUT2D eigenvalue weighted by Gasteiger charge is 2.65. The van der Waals surface area contributed by atoms with Gasteiger partial charge in [-0.05, 0) is 97.5 Å². The van der Waals surface area contributed by atoms with Crippen LogP contribution in [0.25, 0.3) is 0 Å². The molecule has 10 nitrogen and oxygen atoms in total. The van der Waals surface area contributed by atoms with Crippen LogP contribution in [0, 0.1) is 29.1 Å². The normalized spacial score (nSPS) is 23.7. The number of aliphatic hydroxyl groups excluding tert-OH is 2. The first-order chi connectivity index (χ1) is 28.4.